The lowest BCUT2D eigenvalue weighted by Crippen LogP contribution is -2.01. The number of hydrogen-bond acceptors (Lipinski definition) is 3. The molecule has 12 heavy (non-hydrogen) atoms. The molecule has 0 unspecified atom stereocenters. The lowest BCUT2D eigenvalue weighted by atomic mass is 10.1. The van der Waals surface area contributed by atoms with Gasteiger partial charge in [0.1, 0.15) is 12.6 Å². The van der Waals surface area contributed by atoms with Gasteiger partial charge in [-0.3, -0.25) is 4.98 Å². The minimum absolute atomic E-state index is 0.418. The van der Waals surface area contributed by atoms with E-state index in [1.165, 1.54) is 12.4 Å². The summed E-state index contributed by atoms with van der Waals surface area (Å²) in [6, 6.07) is 1.54. The molecular weight excluding hydrogens is 178 g/mol. The molecule has 4 heteroatoms. The van der Waals surface area contributed by atoms with E-state index < -0.39 is 5.92 Å². The maximum atomic E-state index is 10.3. The summed E-state index contributed by atoms with van der Waals surface area (Å²) in [6.07, 6.45) is 4.00. The molecule has 0 aliphatic rings. The van der Waals surface area contributed by atoms with Crippen LogP contribution in [0.15, 0.2) is 18.5 Å². The fourth-order valence-corrected chi connectivity index (χ4v) is 0.982. The summed E-state index contributed by atoms with van der Waals surface area (Å²) >= 11 is 5.61. The SMILES string of the molecule is O=CC(C=O)c1cncc(Cl)c1. The van der Waals surface area contributed by atoms with Gasteiger partial charge in [0.15, 0.2) is 0 Å². The second-order valence-electron chi connectivity index (χ2n) is 2.23. The Bertz CT molecular complexity index is 293. The van der Waals surface area contributed by atoms with Gasteiger partial charge in [-0.15, -0.1) is 0 Å². The smallest absolute Gasteiger partial charge is 0.134 e. The zero-order valence-corrected chi connectivity index (χ0v) is 6.86. The minimum atomic E-state index is -0.754. The van der Waals surface area contributed by atoms with Crippen LogP contribution in [0.3, 0.4) is 0 Å². The Morgan fingerprint density at radius 1 is 1.33 bits per heavy atom. The van der Waals surface area contributed by atoms with Gasteiger partial charge >= 0.3 is 0 Å². The highest BCUT2D eigenvalue weighted by molar-refractivity contribution is 6.30. The Hall–Kier alpha value is -1.22. The van der Waals surface area contributed by atoms with Crippen molar-refractivity contribution in [2.24, 2.45) is 0 Å². The number of nitrogens with zero attached hydrogens (tertiary/aromatic N) is 1. The highest BCUT2D eigenvalue weighted by atomic mass is 35.5. The number of aldehydes is 2. The van der Waals surface area contributed by atoms with E-state index in [-0.39, 0.29) is 0 Å². The van der Waals surface area contributed by atoms with Gasteiger partial charge in [0, 0.05) is 12.4 Å². The Labute approximate surface area is 74.4 Å². The van der Waals surface area contributed by atoms with E-state index in [1.807, 2.05) is 0 Å². The van der Waals surface area contributed by atoms with Crippen molar-refractivity contribution in [3.05, 3.63) is 29.0 Å². The van der Waals surface area contributed by atoms with Gasteiger partial charge in [-0.2, -0.15) is 0 Å². The number of rotatable bonds is 3. The van der Waals surface area contributed by atoms with Crippen molar-refractivity contribution in [1.29, 1.82) is 0 Å². The molecule has 0 aliphatic heterocycles. The Balaban J connectivity index is 3.00. The molecule has 0 fully saturated rings. The van der Waals surface area contributed by atoms with E-state index in [0.717, 1.165) is 0 Å². The number of carbonyl (C=O) groups is 2. The standard InChI is InChI=1S/C8H6ClNO2/c9-8-1-6(2-10-3-8)7(4-11)5-12/h1-5,7H. The summed E-state index contributed by atoms with van der Waals surface area (Å²) < 4.78 is 0. The molecule has 3 nitrogen and oxygen atoms in total. The largest absolute Gasteiger partial charge is 0.302 e. The van der Waals surface area contributed by atoms with Crippen molar-refractivity contribution < 1.29 is 9.59 Å². The number of halogens is 1. The van der Waals surface area contributed by atoms with Gasteiger partial charge in [0.25, 0.3) is 0 Å². The second kappa shape index (κ2) is 3.97. The molecule has 0 saturated heterocycles. The summed E-state index contributed by atoms with van der Waals surface area (Å²) in [4.78, 5) is 24.4. The highest BCUT2D eigenvalue weighted by Crippen LogP contribution is 2.14. The minimum Gasteiger partial charge on any atom is -0.302 e. The fraction of sp³-hybridized carbons (Fsp3) is 0.125. The van der Waals surface area contributed by atoms with Crippen LogP contribution in [0, 0.1) is 0 Å². The quantitative estimate of drug-likeness (QED) is 0.523. The molecular formula is C8H6ClNO2. The van der Waals surface area contributed by atoms with E-state index >= 15 is 0 Å². The van der Waals surface area contributed by atoms with Crippen LogP contribution >= 0.6 is 11.6 Å². The number of aromatic nitrogens is 1. The molecule has 0 atom stereocenters. The van der Waals surface area contributed by atoms with Crippen molar-refractivity contribution in [1.82, 2.24) is 4.98 Å². The van der Waals surface area contributed by atoms with Crippen molar-refractivity contribution in [2.45, 2.75) is 5.92 Å². The first-order valence-corrected chi connectivity index (χ1v) is 3.66. The maximum Gasteiger partial charge on any atom is 0.134 e. The molecule has 0 saturated carbocycles. The van der Waals surface area contributed by atoms with Crippen LogP contribution in [0.4, 0.5) is 0 Å². The Morgan fingerprint density at radius 3 is 2.50 bits per heavy atom. The maximum absolute atomic E-state index is 10.3. The fourth-order valence-electron chi connectivity index (χ4n) is 0.800. The Kier molecular flexibility index (Phi) is 2.94. The van der Waals surface area contributed by atoms with Crippen molar-refractivity contribution in [3.8, 4) is 0 Å². The van der Waals surface area contributed by atoms with Gasteiger partial charge in [-0.1, -0.05) is 11.6 Å². The number of carbonyl (C=O) groups excluding carboxylic acids is 2. The molecule has 62 valence electrons. The lowest BCUT2D eigenvalue weighted by molar-refractivity contribution is -0.116. The molecule has 0 aromatic carbocycles. The molecule has 0 N–H and O–H groups in total. The average Bonchev–Trinajstić information content (AvgIpc) is 2.07. The third-order valence-corrected chi connectivity index (χ3v) is 1.61. The average molecular weight is 184 g/mol. The topological polar surface area (TPSA) is 47.0 Å². The van der Waals surface area contributed by atoms with Gasteiger partial charge < -0.3 is 9.59 Å². The molecule has 0 spiro atoms. The van der Waals surface area contributed by atoms with Gasteiger partial charge in [0.05, 0.1) is 10.9 Å². The van der Waals surface area contributed by atoms with E-state index in [1.54, 1.807) is 6.07 Å². The highest BCUT2D eigenvalue weighted by Gasteiger charge is 2.08. The molecule has 1 aromatic rings. The van der Waals surface area contributed by atoms with Crippen LogP contribution in [-0.2, 0) is 9.59 Å². The van der Waals surface area contributed by atoms with Crippen LogP contribution in [0.1, 0.15) is 11.5 Å². The molecule has 0 aliphatic carbocycles. The summed E-state index contributed by atoms with van der Waals surface area (Å²) in [7, 11) is 0. The van der Waals surface area contributed by atoms with Crippen molar-refractivity contribution in [3.63, 3.8) is 0 Å². The first-order valence-electron chi connectivity index (χ1n) is 3.29. The molecule has 1 heterocycles. The van der Waals surface area contributed by atoms with E-state index in [9.17, 15) is 9.59 Å². The van der Waals surface area contributed by atoms with Crippen LogP contribution in [0.5, 0.6) is 0 Å². The van der Waals surface area contributed by atoms with Gasteiger partial charge in [-0.25, -0.2) is 0 Å². The Morgan fingerprint density at radius 2 is 2.00 bits per heavy atom. The first kappa shape index (κ1) is 8.87. The predicted octanol–water partition coefficient (Wildman–Crippen LogP) is 1.22. The molecule has 1 aromatic heterocycles. The normalized spacial score (nSPS) is 9.83. The third-order valence-electron chi connectivity index (χ3n) is 1.40. The van der Waals surface area contributed by atoms with Gasteiger partial charge in [0.2, 0.25) is 0 Å². The van der Waals surface area contributed by atoms with Crippen LogP contribution < -0.4 is 0 Å². The zero-order chi connectivity index (χ0) is 8.97. The molecule has 0 amide bonds. The second-order valence-corrected chi connectivity index (χ2v) is 2.67. The summed E-state index contributed by atoms with van der Waals surface area (Å²) in [5.41, 5.74) is 0.521. The lowest BCUT2D eigenvalue weighted by Gasteiger charge is -2.00. The molecule has 0 radical (unpaired) electrons. The first-order chi connectivity index (χ1) is 5.77. The summed E-state index contributed by atoms with van der Waals surface area (Å²) in [6.45, 7) is 0. The van der Waals surface area contributed by atoms with Crippen LogP contribution in [0.25, 0.3) is 0 Å². The van der Waals surface area contributed by atoms with E-state index in [0.29, 0.717) is 23.2 Å². The summed E-state index contributed by atoms with van der Waals surface area (Å²) in [5.74, 6) is -0.754. The zero-order valence-electron chi connectivity index (χ0n) is 6.11. The number of hydrogen-bond donors (Lipinski definition) is 0. The predicted molar refractivity (Wildman–Crippen MR) is 44.1 cm³/mol. The van der Waals surface area contributed by atoms with Gasteiger partial charge in [-0.05, 0) is 11.6 Å². The van der Waals surface area contributed by atoms with Crippen LogP contribution in [-0.4, -0.2) is 17.6 Å². The van der Waals surface area contributed by atoms with Crippen LogP contribution in [0.2, 0.25) is 5.02 Å². The molecule has 0 bridgehead atoms. The molecule has 1 rings (SSSR count). The number of pyridine rings is 1. The summed E-state index contributed by atoms with van der Waals surface area (Å²) in [5, 5.41) is 0.418. The van der Waals surface area contributed by atoms with Crippen molar-refractivity contribution in [2.75, 3.05) is 0 Å². The van der Waals surface area contributed by atoms with E-state index in [4.69, 9.17) is 11.6 Å². The van der Waals surface area contributed by atoms with E-state index in [2.05, 4.69) is 4.98 Å². The van der Waals surface area contributed by atoms with Crippen molar-refractivity contribution >= 4 is 24.2 Å². The third kappa shape index (κ3) is 1.89. The monoisotopic (exact) mass is 183 g/mol.